The van der Waals surface area contributed by atoms with Crippen LogP contribution in [-0.4, -0.2) is 25.0 Å². The van der Waals surface area contributed by atoms with E-state index in [0.717, 1.165) is 11.1 Å². The van der Waals surface area contributed by atoms with Gasteiger partial charge in [0.05, 0.1) is 18.1 Å². The van der Waals surface area contributed by atoms with Gasteiger partial charge in [0.1, 0.15) is 12.4 Å². The molecule has 0 aliphatic heterocycles. The van der Waals surface area contributed by atoms with E-state index in [1.165, 1.54) is 4.90 Å². The number of hydrogen-bond donors (Lipinski definition) is 0. The second-order valence-corrected chi connectivity index (χ2v) is 7.16. The topological polar surface area (TPSA) is 79.6 Å². The normalized spacial score (nSPS) is 10.1. The number of nitrogens with zero attached hydrogens (tertiary/aromatic N) is 2. The van der Waals surface area contributed by atoms with Crippen LogP contribution in [0.3, 0.4) is 0 Å². The second-order valence-electron chi connectivity index (χ2n) is 7.16. The molecule has 0 atom stereocenters. The molecule has 0 spiro atoms. The molecule has 0 bridgehead atoms. The van der Waals surface area contributed by atoms with Crippen molar-refractivity contribution in [2.45, 2.75) is 20.0 Å². The van der Waals surface area contributed by atoms with Crippen LogP contribution in [-0.2, 0) is 16.1 Å². The van der Waals surface area contributed by atoms with E-state index in [-0.39, 0.29) is 18.9 Å². The van der Waals surface area contributed by atoms with Gasteiger partial charge in [-0.25, -0.2) is 4.79 Å². The van der Waals surface area contributed by atoms with Gasteiger partial charge in [-0.15, -0.1) is 0 Å². The number of aryl methyl sites for hydroxylation is 1. The Kier molecular flexibility index (Phi) is 7.99. The quantitative estimate of drug-likeness (QED) is 0.463. The summed E-state index contributed by atoms with van der Waals surface area (Å²) < 4.78 is 10.9. The van der Waals surface area contributed by atoms with Crippen LogP contribution in [0.1, 0.15) is 27.9 Å². The number of anilines is 1. The molecular weight excluding hydrogens is 404 g/mol. The predicted octanol–water partition coefficient (Wildman–Crippen LogP) is 4.68. The zero-order valence-electron chi connectivity index (χ0n) is 17.9. The maximum atomic E-state index is 12.7. The molecule has 0 saturated heterocycles. The van der Waals surface area contributed by atoms with Crippen molar-refractivity contribution in [2.24, 2.45) is 0 Å². The molecule has 0 saturated carbocycles. The summed E-state index contributed by atoms with van der Waals surface area (Å²) in [6.07, 6.45) is 0.179. The minimum atomic E-state index is -0.600. The average molecular weight is 428 g/mol. The summed E-state index contributed by atoms with van der Waals surface area (Å²) in [6, 6.07) is 25.8. The number of rotatable bonds is 9. The van der Waals surface area contributed by atoms with E-state index in [4.69, 9.17) is 14.7 Å². The first-order valence-electron chi connectivity index (χ1n) is 10.2. The lowest BCUT2D eigenvalue weighted by Crippen LogP contribution is -2.35. The number of carbonyl (C=O) groups is 2. The first-order valence-corrected chi connectivity index (χ1v) is 10.2. The Balaban J connectivity index is 1.55. The highest BCUT2D eigenvalue weighted by atomic mass is 16.5. The van der Waals surface area contributed by atoms with E-state index in [1.807, 2.05) is 55.5 Å². The van der Waals surface area contributed by atoms with Crippen LogP contribution in [0.4, 0.5) is 5.69 Å². The molecule has 0 radical (unpaired) electrons. The Hall–Kier alpha value is -4.11. The van der Waals surface area contributed by atoms with Crippen LogP contribution < -0.4 is 9.64 Å². The number of esters is 1. The van der Waals surface area contributed by atoms with Crippen molar-refractivity contribution in [3.63, 3.8) is 0 Å². The third-order valence-electron chi connectivity index (χ3n) is 4.76. The van der Waals surface area contributed by atoms with E-state index < -0.39 is 12.6 Å². The molecule has 32 heavy (non-hydrogen) atoms. The molecule has 3 rings (SSSR count). The lowest BCUT2D eigenvalue weighted by molar-refractivity contribution is -0.121. The molecule has 0 unspecified atom stereocenters. The minimum absolute atomic E-state index is 0.179. The van der Waals surface area contributed by atoms with Gasteiger partial charge in [0, 0.05) is 12.2 Å². The van der Waals surface area contributed by atoms with E-state index in [2.05, 4.69) is 0 Å². The molecule has 0 N–H and O–H groups in total. The molecule has 3 aromatic carbocycles. The van der Waals surface area contributed by atoms with Crippen LogP contribution in [0.25, 0.3) is 0 Å². The number of nitriles is 1. The van der Waals surface area contributed by atoms with E-state index in [9.17, 15) is 9.59 Å². The summed E-state index contributed by atoms with van der Waals surface area (Å²) in [7, 11) is 0. The molecule has 1 amide bonds. The van der Waals surface area contributed by atoms with Gasteiger partial charge < -0.3 is 14.4 Å². The van der Waals surface area contributed by atoms with Crippen LogP contribution in [0.2, 0.25) is 0 Å². The van der Waals surface area contributed by atoms with Gasteiger partial charge in [-0.2, -0.15) is 5.26 Å². The van der Waals surface area contributed by atoms with Crippen LogP contribution in [0.5, 0.6) is 5.75 Å². The van der Waals surface area contributed by atoms with Crippen molar-refractivity contribution in [1.82, 2.24) is 0 Å². The Labute approximate surface area is 187 Å². The highest BCUT2D eigenvalue weighted by Crippen LogP contribution is 2.17. The molecule has 6 nitrogen and oxygen atoms in total. The maximum absolute atomic E-state index is 12.7. The highest BCUT2D eigenvalue weighted by molar-refractivity contribution is 5.97. The van der Waals surface area contributed by atoms with Gasteiger partial charge >= 0.3 is 5.97 Å². The van der Waals surface area contributed by atoms with Crippen molar-refractivity contribution < 1.29 is 19.1 Å². The number of benzene rings is 3. The Morgan fingerprint density at radius 1 is 0.938 bits per heavy atom. The number of hydrogen-bond acceptors (Lipinski definition) is 5. The largest absolute Gasteiger partial charge is 0.489 e. The molecule has 162 valence electrons. The summed E-state index contributed by atoms with van der Waals surface area (Å²) in [4.78, 5) is 26.5. The lowest BCUT2D eigenvalue weighted by atomic mass is 10.2. The predicted molar refractivity (Wildman–Crippen MR) is 121 cm³/mol. The number of ether oxygens (including phenoxy) is 2. The Morgan fingerprint density at radius 2 is 1.62 bits per heavy atom. The average Bonchev–Trinajstić information content (AvgIpc) is 2.83. The third kappa shape index (κ3) is 6.44. The van der Waals surface area contributed by atoms with Gasteiger partial charge in [-0.1, -0.05) is 48.0 Å². The highest BCUT2D eigenvalue weighted by Gasteiger charge is 2.18. The van der Waals surface area contributed by atoms with Gasteiger partial charge in [-0.05, 0) is 48.9 Å². The van der Waals surface area contributed by atoms with Gasteiger partial charge in [0.25, 0.3) is 5.91 Å². The summed E-state index contributed by atoms with van der Waals surface area (Å²) in [5.41, 5.74) is 3.09. The summed E-state index contributed by atoms with van der Waals surface area (Å²) in [6.45, 7) is 2.19. The van der Waals surface area contributed by atoms with E-state index in [0.29, 0.717) is 23.6 Å². The molecular formula is C26H24N2O4. The Morgan fingerprint density at radius 3 is 2.28 bits per heavy atom. The third-order valence-corrected chi connectivity index (χ3v) is 4.76. The monoisotopic (exact) mass is 428 g/mol. The molecule has 0 fully saturated rings. The summed E-state index contributed by atoms with van der Waals surface area (Å²) >= 11 is 0. The molecule has 3 aromatic rings. The fraction of sp³-hybridized carbons (Fsp3) is 0.192. The molecule has 6 heteroatoms. The van der Waals surface area contributed by atoms with Crippen LogP contribution in [0, 0.1) is 18.3 Å². The SMILES string of the molecule is Cc1ccc(N(CCC#N)C(=O)COC(=O)c2ccc(OCc3ccccc3)cc2)cc1. The van der Waals surface area contributed by atoms with Gasteiger partial charge in [0.15, 0.2) is 6.61 Å². The van der Waals surface area contributed by atoms with Crippen LogP contribution in [0.15, 0.2) is 78.9 Å². The second kappa shape index (κ2) is 11.3. The summed E-state index contributed by atoms with van der Waals surface area (Å²) in [5.74, 6) is -0.360. The Bertz CT molecular complexity index is 1070. The van der Waals surface area contributed by atoms with Crippen molar-refractivity contribution in [3.8, 4) is 11.8 Å². The zero-order valence-corrected chi connectivity index (χ0v) is 17.9. The maximum Gasteiger partial charge on any atom is 0.338 e. The van der Waals surface area contributed by atoms with E-state index >= 15 is 0 Å². The smallest absolute Gasteiger partial charge is 0.338 e. The lowest BCUT2D eigenvalue weighted by Gasteiger charge is -2.21. The minimum Gasteiger partial charge on any atom is -0.489 e. The van der Waals surface area contributed by atoms with Crippen molar-refractivity contribution in [3.05, 3.63) is 95.6 Å². The first kappa shape index (κ1) is 22.6. The van der Waals surface area contributed by atoms with E-state index in [1.54, 1.807) is 36.4 Å². The van der Waals surface area contributed by atoms with Crippen molar-refractivity contribution in [1.29, 1.82) is 5.26 Å². The number of amides is 1. The van der Waals surface area contributed by atoms with Crippen LogP contribution >= 0.6 is 0 Å². The zero-order chi connectivity index (χ0) is 22.8. The summed E-state index contributed by atoms with van der Waals surface area (Å²) in [5, 5.41) is 8.90. The van der Waals surface area contributed by atoms with Crippen molar-refractivity contribution >= 4 is 17.6 Å². The molecule has 0 aromatic heterocycles. The molecule has 0 aliphatic rings. The first-order chi connectivity index (χ1) is 15.6. The molecule has 0 aliphatic carbocycles. The fourth-order valence-electron chi connectivity index (χ4n) is 3.00. The van der Waals surface area contributed by atoms with Crippen molar-refractivity contribution in [2.75, 3.05) is 18.1 Å². The molecule has 0 heterocycles. The van der Waals surface area contributed by atoms with Gasteiger partial charge in [-0.3, -0.25) is 4.79 Å². The fourth-order valence-corrected chi connectivity index (χ4v) is 3.00. The number of carbonyl (C=O) groups excluding carboxylic acids is 2. The van der Waals surface area contributed by atoms with Gasteiger partial charge in [0.2, 0.25) is 0 Å². The standard InChI is InChI=1S/C26H24N2O4/c1-20-8-12-23(13-9-20)28(17-5-16-27)25(29)19-32-26(30)22-10-14-24(15-11-22)31-18-21-6-3-2-4-7-21/h2-4,6-15H,5,17-19H2,1H3.